The lowest BCUT2D eigenvalue weighted by molar-refractivity contribution is 0.617. The van der Waals surface area contributed by atoms with Crippen LogP contribution in [0.4, 0.5) is 4.39 Å². The normalized spacial score (nSPS) is 12.4. The van der Waals surface area contributed by atoms with E-state index in [4.69, 9.17) is 11.6 Å². The van der Waals surface area contributed by atoms with Crippen molar-refractivity contribution in [1.82, 2.24) is 0 Å². The SMILES string of the molecule is Cc1ccc(CC(Cl)c2cccc(F)c2Br)cc1. The van der Waals surface area contributed by atoms with Crippen LogP contribution in [0.15, 0.2) is 46.9 Å². The number of alkyl halides is 1. The quantitative estimate of drug-likeness (QED) is 0.660. The molecule has 0 fully saturated rings. The molecule has 0 aromatic heterocycles. The predicted molar refractivity (Wildman–Crippen MR) is 77.6 cm³/mol. The Morgan fingerprint density at radius 1 is 1.17 bits per heavy atom. The predicted octanol–water partition coefficient (Wildman–Crippen LogP) is 5.42. The van der Waals surface area contributed by atoms with Gasteiger partial charge in [-0.05, 0) is 46.5 Å². The number of hydrogen-bond donors (Lipinski definition) is 0. The molecule has 0 saturated heterocycles. The van der Waals surface area contributed by atoms with Crippen LogP contribution in [0, 0.1) is 12.7 Å². The highest BCUT2D eigenvalue weighted by Crippen LogP contribution is 2.32. The Morgan fingerprint density at radius 3 is 2.50 bits per heavy atom. The van der Waals surface area contributed by atoms with Crippen LogP contribution in [0.1, 0.15) is 22.1 Å². The second-order valence-corrected chi connectivity index (χ2v) is 5.62. The maximum atomic E-state index is 13.4. The van der Waals surface area contributed by atoms with Gasteiger partial charge in [0.2, 0.25) is 0 Å². The summed E-state index contributed by atoms with van der Waals surface area (Å²) in [5, 5.41) is -0.238. The van der Waals surface area contributed by atoms with Gasteiger partial charge in [0.05, 0.1) is 9.85 Å². The van der Waals surface area contributed by atoms with Crippen molar-refractivity contribution in [2.45, 2.75) is 18.7 Å². The summed E-state index contributed by atoms with van der Waals surface area (Å²) >= 11 is 9.61. The van der Waals surface area contributed by atoms with Crippen LogP contribution in [-0.4, -0.2) is 0 Å². The third-order valence-electron chi connectivity index (χ3n) is 2.85. The molecule has 18 heavy (non-hydrogen) atoms. The molecule has 0 aliphatic heterocycles. The monoisotopic (exact) mass is 326 g/mol. The van der Waals surface area contributed by atoms with E-state index in [0.29, 0.717) is 10.9 Å². The molecular formula is C15H13BrClF. The van der Waals surface area contributed by atoms with E-state index in [-0.39, 0.29) is 11.2 Å². The molecular weight excluding hydrogens is 315 g/mol. The van der Waals surface area contributed by atoms with E-state index in [0.717, 1.165) is 11.1 Å². The van der Waals surface area contributed by atoms with Crippen LogP contribution in [0.5, 0.6) is 0 Å². The van der Waals surface area contributed by atoms with Gasteiger partial charge >= 0.3 is 0 Å². The zero-order valence-corrected chi connectivity index (χ0v) is 12.3. The zero-order valence-electron chi connectivity index (χ0n) is 9.96. The number of aryl methyl sites for hydroxylation is 1. The molecule has 1 unspecified atom stereocenters. The summed E-state index contributed by atoms with van der Waals surface area (Å²) in [6, 6.07) is 13.2. The second kappa shape index (κ2) is 5.85. The Hall–Kier alpha value is -0.860. The summed E-state index contributed by atoms with van der Waals surface area (Å²) in [5.74, 6) is -0.276. The Kier molecular flexibility index (Phi) is 4.41. The number of rotatable bonds is 3. The van der Waals surface area contributed by atoms with Gasteiger partial charge in [-0.2, -0.15) is 0 Å². The molecule has 0 amide bonds. The maximum absolute atomic E-state index is 13.4. The van der Waals surface area contributed by atoms with Crippen molar-refractivity contribution in [3.05, 3.63) is 69.4 Å². The number of hydrogen-bond acceptors (Lipinski definition) is 0. The van der Waals surface area contributed by atoms with E-state index in [1.807, 2.05) is 13.0 Å². The molecule has 0 nitrogen and oxygen atoms in total. The van der Waals surface area contributed by atoms with Crippen molar-refractivity contribution in [1.29, 1.82) is 0 Å². The van der Waals surface area contributed by atoms with Crippen LogP contribution in [0.2, 0.25) is 0 Å². The molecule has 0 heterocycles. The molecule has 94 valence electrons. The molecule has 2 aromatic rings. The summed E-state index contributed by atoms with van der Waals surface area (Å²) in [6.07, 6.45) is 0.684. The third kappa shape index (κ3) is 3.12. The van der Waals surface area contributed by atoms with E-state index in [2.05, 4.69) is 40.2 Å². The van der Waals surface area contributed by atoms with Gasteiger partial charge in [0.15, 0.2) is 0 Å². The van der Waals surface area contributed by atoms with Gasteiger partial charge in [0, 0.05) is 0 Å². The largest absolute Gasteiger partial charge is 0.206 e. The van der Waals surface area contributed by atoms with Crippen LogP contribution in [-0.2, 0) is 6.42 Å². The minimum Gasteiger partial charge on any atom is -0.206 e. The molecule has 0 spiro atoms. The van der Waals surface area contributed by atoms with Crippen LogP contribution in [0.25, 0.3) is 0 Å². The molecule has 0 radical (unpaired) electrons. The van der Waals surface area contributed by atoms with E-state index < -0.39 is 0 Å². The summed E-state index contributed by atoms with van der Waals surface area (Å²) in [5.41, 5.74) is 3.16. The van der Waals surface area contributed by atoms with E-state index >= 15 is 0 Å². The standard InChI is InChI=1S/C15H13BrClF/c1-10-5-7-11(8-6-10)9-13(17)12-3-2-4-14(18)15(12)16/h2-8,13H,9H2,1H3. The van der Waals surface area contributed by atoms with Gasteiger partial charge in [-0.15, -0.1) is 11.6 Å². The Balaban J connectivity index is 2.19. The summed E-state index contributed by atoms with van der Waals surface area (Å²) in [6.45, 7) is 2.05. The third-order valence-corrected chi connectivity index (χ3v) is 4.08. The first kappa shape index (κ1) is 13.6. The molecule has 0 saturated carbocycles. The number of benzene rings is 2. The minimum atomic E-state index is -0.276. The van der Waals surface area contributed by atoms with Crippen LogP contribution < -0.4 is 0 Å². The lowest BCUT2D eigenvalue weighted by Crippen LogP contribution is -1.98. The van der Waals surface area contributed by atoms with Gasteiger partial charge in [-0.25, -0.2) is 4.39 Å². The topological polar surface area (TPSA) is 0 Å². The molecule has 1 atom stereocenters. The average molecular weight is 328 g/mol. The van der Waals surface area contributed by atoms with E-state index in [1.165, 1.54) is 11.6 Å². The van der Waals surface area contributed by atoms with E-state index in [1.54, 1.807) is 6.07 Å². The molecule has 2 rings (SSSR count). The maximum Gasteiger partial charge on any atom is 0.137 e. The van der Waals surface area contributed by atoms with Crippen molar-refractivity contribution in [2.24, 2.45) is 0 Å². The zero-order chi connectivity index (χ0) is 13.1. The Morgan fingerprint density at radius 2 is 1.83 bits per heavy atom. The van der Waals surface area contributed by atoms with Gasteiger partial charge in [-0.1, -0.05) is 42.0 Å². The van der Waals surface area contributed by atoms with Crippen molar-refractivity contribution >= 4 is 27.5 Å². The second-order valence-electron chi connectivity index (χ2n) is 4.30. The first-order valence-electron chi connectivity index (χ1n) is 5.71. The fraction of sp³-hybridized carbons (Fsp3) is 0.200. The van der Waals surface area contributed by atoms with Crippen LogP contribution in [0.3, 0.4) is 0 Å². The lowest BCUT2D eigenvalue weighted by Gasteiger charge is -2.12. The number of halogens is 3. The first-order chi connectivity index (χ1) is 8.58. The van der Waals surface area contributed by atoms with E-state index in [9.17, 15) is 4.39 Å². The van der Waals surface area contributed by atoms with Crippen molar-refractivity contribution < 1.29 is 4.39 Å². The molecule has 3 heteroatoms. The van der Waals surface area contributed by atoms with Gasteiger partial charge in [-0.3, -0.25) is 0 Å². The summed E-state index contributed by atoms with van der Waals surface area (Å²) < 4.78 is 13.9. The first-order valence-corrected chi connectivity index (χ1v) is 6.94. The highest BCUT2D eigenvalue weighted by molar-refractivity contribution is 9.10. The van der Waals surface area contributed by atoms with Crippen molar-refractivity contribution in [3.63, 3.8) is 0 Å². The highest BCUT2D eigenvalue weighted by atomic mass is 79.9. The van der Waals surface area contributed by atoms with Gasteiger partial charge < -0.3 is 0 Å². The van der Waals surface area contributed by atoms with Gasteiger partial charge in [0.25, 0.3) is 0 Å². The fourth-order valence-electron chi connectivity index (χ4n) is 1.80. The van der Waals surface area contributed by atoms with Crippen molar-refractivity contribution in [3.8, 4) is 0 Å². The molecule has 0 bridgehead atoms. The average Bonchev–Trinajstić information content (AvgIpc) is 2.35. The molecule has 2 aromatic carbocycles. The van der Waals surface area contributed by atoms with Gasteiger partial charge in [0.1, 0.15) is 5.82 Å². The molecule has 0 aliphatic rings. The smallest absolute Gasteiger partial charge is 0.137 e. The summed E-state index contributed by atoms with van der Waals surface area (Å²) in [7, 11) is 0. The Labute approximate surface area is 120 Å². The molecule has 0 N–H and O–H groups in total. The minimum absolute atomic E-state index is 0.238. The van der Waals surface area contributed by atoms with Crippen LogP contribution >= 0.6 is 27.5 Å². The van der Waals surface area contributed by atoms with Crippen molar-refractivity contribution in [2.75, 3.05) is 0 Å². The fourth-order valence-corrected chi connectivity index (χ4v) is 2.84. The Bertz CT molecular complexity index is 537. The molecule has 0 aliphatic carbocycles. The highest BCUT2D eigenvalue weighted by Gasteiger charge is 2.14. The lowest BCUT2D eigenvalue weighted by atomic mass is 10.0. The summed E-state index contributed by atoms with van der Waals surface area (Å²) in [4.78, 5) is 0.